The van der Waals surface area contributed by atoms with Gasteiger partial charge in [-0.2, -0.15) is 0 Å². The fourth-order valence-corrected chi connectivity index (χ4v) is 6.24. The minimum Gasteiger partial charge on any atom is -0.355 e. The Morgan fingerprint density at radius 1 is 1.03 bits per heavy atom. The van der Waals surface area contributed by atoms with E-state index in [0.29, 0.717) is 35.6 Å². The molecule has 1 aromatic carbocycles. The summed E-state index contributed by atoms with van der Waals surface area (Å²) in [5.41, 5.74) is 0.633. The summed E-state index contributed by atoms with van der Waals surface area (Å²) in [5, 5.41) is 3.86. The maximum absolute atomic E-state index is 13.4. The standard InChI is InChI=1S/C27H41ClN4O2/c1-21-8-4-5-14-30(21)15-7-13-29-26(33)25(22-9-2-3-10-22)31-16-18-32(19-17-31)27(34)23-11-6-12-24(28)20-23/h6,11-12,20-22,25H,2-5,7-10,13-19H2,1H3,(H,29,33)/t21-,25-/m0/s1. The first-order valence-corrected chi connectivity index (χ1v) is 13.7. The number of amides is 2. The molecule has 0 radical (unpaired) electrons. The van der Waals surface area contributed by atoms with Gasteiger partial charge in [0.05, 0.1) is 6.04 Å². The molecule has 0 spiro atoms. The van der Waals surface area contributed by atoms with Crippen molar-refractivity contribution >= 4 is 23.4 Å². The minimum atomic E-state index is -0.0696. The van der Waals surface area contributed by atoms with Crippen molar-refractivity contribution in [2.24, 2.45) is 5.92 Å². The topological polar surface area (TPSA) is 55.9 Å². The SMILES string of the molecule is C[C@H]1CCCCN1CCCNC(=O)[C@H](C1CCCC1)N1CCN(C(=O)c2cccc(Cl)c2)CC1. The molecule has 0 bridgehead atoms. The second-order valence-corrected chi connectivity index (χ2v) is 10.8. The van der Waals surface area contributed by atoms with Crippen LogP contribution in [0.1, 0.15) is 68.6 Å². The Balaban J connectivity index is 1.29. The van der Waals surface area contributed by atoms with Crippen LogP contribution in [-0.4, -0.2) is 84.4 Å². The maximum atomic E-state index is 13.4. The Bertz CT molecular complexity index is 821. The highest BCUT2D eigenvalue weighted by Gasteiger charge is 2.37. The highest BCUT2D eigenvalue weighted by Crippen LogP contribution is 2.31. The van der Waals surface area contributed by atoms with Gasteiger partial charge >= 0.3 is 0 Å². The van der Waals surface area contributed by atoms with Gasteiger partial charge in [0.25, 0.3) is 5.91 Å². The minimum absolute atomic E-state index is 0.0240. The number of nitrogens with zero attached hydrogens (tertiary/aromatic N) is 3. The number of carbonyl (C=O) groups excluding carboxylic acids is 2. The van der Waals surface area contributed by atoms with E-state index in [-0.39, 0.29) is 17.9 Å². The van der Waals surface area contributed by atoms with Crippen LogP contribution in [0.3, 0.4) is 0 Å². The van der Waals surface area contributed by atoms with Crippen molar-refractivity contribution in [3.8, 4) is 0 Å². The molecule has 1 aromatic rings. The number of hydrogen-bond donors (Lipinski definition) is 1. The molecular formula is C27H41ClN4O2. The average Bonchev–Trinajstić information content (AvgIpc) is 3.37. The van der Waals surface area contributed by atoms with Gasteiger partial charge < -0.3 is 15.1 Å². The zero-order valence-corrected chi connectivity index (χ0v) is 21.4. The van der Waals surface area contributed by atoms with Crippen LogP contribution in [0, 0.1) is 5.92 Å². The Morgan fingerprint density at radius 2 is 1.76 bits per heavy atom. The van der Waals surface area contributed by atoms with Crippen LogP contribution in [0.25, 0.3) is 0 Å². The highest BCUT2D eigenvalue weighted by atomic mass is 35.5. The van der Waals surface area contributed by atoms with E-state index in [4.69, 9.17) is 11.6 Å². The van der Waals surface area contributed by atoms with Gasteiger partial charge in [0.1, 0.15) is 0 Å². The molecule has 0 aromatic heterocycles. The summed E-state index contributed by atoms with van der Waals surface area (Å²) in [6, 6.07) is 7.75. The monoisotopic (exact) mass is 488 g/mol. The highest BCUT2D eigenvalue weighted by molar-refractivity contribution is 6.30. The first-order chi connectivity index (χ1) is 16.5. The Morgan fingerprint density at radius 3 is 2.47 bits per heavy atom. The molecule has 188 valence electrons. The fraction of sp³-hybridized carbons (Fsp3) is 0.704. The van der Waals surface area contributed by atoms with Crippen molar-refractivity contribution in [3.63, 3.8) is 0 Å². The molecule has 1 saturated carbocycles. The van der Waals surface area contributed by atoms with Crippen molar-refractivity contribution in [1.29, 1.82) is 0 Å². The van der Waals surface area contributed by atoms with Gasteiger partial charge in [-0.05, 0) is 69.7 Å². The number of hydrogen-bond acceptors (Lipinski definition) is 4. The molecular weight excluding hydrogens is 448 g/mol. The number of nitrogens with one attached hydrogen (secondary N) is 1. The second-order valence-electron chi connectivity index (χ2n) is 10.4. The Hall–Kier alpha value is -1.63. The van der Waals surface area contributed by atoms with Crippen molar-refractivity contribution in [1.82, 2.24) is 20.0 Å². The number of piperazine rings is 1. The number of likely N-dealkylation sites (tertiary alicyclic amines) is 1. The lowest BCUT2D eigenvalue weighted by Gasteiger charge is -2.41. The lowest BCUT2D eigenvalue weighted by molar-refractivity contribution is -0.129. The second kappa shape index (κ2) is 12.4. The summed E-state index contributed by atoms with van der Waals surface area (Å²) in [7, 11) is 0. The predicted octanol–water partition coefficient (Wildman–Crippen LogP) is 4.04. The van der Waals surface area contributed by atoms with Gasteiger partial charge in [-0.15, -0.1) is 0 Å². The van der Waals surface area contributed by atoms with Crippen LogP contribution in [0.2, 0.25) is 5.02 Å². The van der Waals surface area contributed by atoms with Gasteiger partial charge in [-0.25, -0.2) is 0 Å². The molecule has 7 heteroatoms. The Labute approximate surface area is 210 Å². The molecule has 3 aliphatic rings. The molecule has 2 saturated heterocycles. The molecule has 2 aliphatic heterocycles. The molecule has 34 heavy (non-hydrogen) atoms. The molecule has 1 N–H and O–H groups in total. The summed E-state index contributed by atoms with van der Waals surface area (Å²) in [6.07, 6.45) is 9.64. The van der Waals surface area contributed by atoms with E-state index < -0.39 is 0 Å². The fourth-order valence-electron chi connectivity index (χ4n) is 6.05. The zero-order chi connectivity index (χ0) is 23.9. The van der Waals surface area contributed by atoms with E-state index in [1.165, 1.54) is 38.6 Å². The van der Waals surface area contributed by atoms with Gasteiger partial charge in [-0.3, -0.25) is 14.5 Å². The van der Waals surface area contributed by atoms with Gasteiger partial charge in [0, 0.05) is 55.9 Å². The first-order valence-electron chi connectivity index (χ1n) is 13.3. The van der Waals surface area contributed by atoms with E-state index in [1.807, 2.05) is 17.0 Å². The third kappa shape index (κ3) is 6.52. The van der Waals surface area contributed by atoms with Crippen LogP contribution >= 0.6 is 11.6 Å². The largest absolute Gasteiger partial charge is 0.355 e. The summed E-state index contributed by atoms with van der Waals surface area (Å²) < 4.78 is 0. The maximum Gasteiger partial charge on any atom is 0.253 e. The molecule has 2 amide bonds. The average molecular weight is 489 g/mol. The smallest absolute Gasteiger partial charge is 0.253 e. The number of rotatable bonds is 8. The van der Waals surface area contributed by atoms with Crippen LogP contribution in [0.4, 0.5) is 0 Å². The predicted molar refractivity (Wildman–Crippen MR) is 137 cm³/mol. The lowest BCUT2D eigenvalue weighted by Crippen LogP contribution is -2.58. The number of halogens is 1. The van der Waals surface area contributed by atoms with Crippen LogP contribution in [0.5, 0.6) is 0 Å². The van der Waals surface area contributed by atoms with E-state index >= 15 is 0 Å². The van der Waals surface area contributed by atoms with Crippen molar-refractivity contribution in [2.75, 3.05) is 45.8 Å². The van der Waals surface area contributed by atoms with E-state index in [0.717, 1.165) is 45.4 Å². The summed E-state index contributed by atoms with van der Waals surface area (Å²) in [5.74, 6) is 0.640. The van der Waals surface area contributed by atoms with Crippen LogP contribution < -0.4 is 5.32 Å². The Kier molecular flexibility index (Phi) is 9.26. The normalized spacial score (nSPS) is 23.7. The van der Waals surface area contributed by atoms with Crippen molar-refractivity contribution in [2.45, 2.75) is 70.4 Å². The summed E-state index contributed by atoms with van der Waals surface area (Å²) in [6.45, 7) is 8.11. The molecule has 0 unspecified atom stereocenters. The first kappa shape index (κ1) is 25.5. The quantitative estimate of drug-likeness (QED) is 0.561. The number of carbonyl (C=O) groups is 2. The van der Waals surface area contributed by atoms with Gasteiger partial charge in [-0.1, -0.05) is 36.9 Å². The van der Waals surface area contributed by atoms with E-state index in [9.17, 15) is 9.59 Å². The molecule has 1 aliphatic carbocycles. The summed E-state index contributed by atoms with van der Waals surface area (Å²) >= 11 is 6.08. The van der Waals surface area contributed by atoms with Gasteiger partial charge in [0.15, 0.2) is 0 Å². The molecule has 2 heterocycles. The molecule has 4 rings (SSSR count). The van der Waals surface area contributed by atoms with Gasteiger partial charge in [0.2, 0.25) is 5.91 Å². The number of piperidine rings is 1. The molecule has 2 atom stereocenters. The third-order valence-electron chi connectivity index (χ3n) is 8.04. The van der Waals surface area contributed by atoms with Crippen molar-refractivity contribution < 1.29 is 9.59 Å². The van der Waals surface area contributed by atoms with Crippen LogP contribution in [-0.2, 0) is 4.79 Å². The number of benzene rings is 1. The molecule has 3 fully saturated rings. The third-order valence-corrected chi connectivity index (χ3v) is 8.28. The van der Waals surface area contributed by atoms with Crippen molar-refractivity contribution in [3.05, 3.63) is 34.9 Å². The lowest BCUT2D eigenvalue weighted by atomic mass is 9.95. The van der Waals surface area contributed by atoms with E-state index in [1.54, 1.807) is 12.1 Å². The zero-order valence-electron chi connectivity index (χ0n) is 20.7. The summed E-state index contributed by atoms with van der Waals surface area (Å²) in [4.78, 5) is 33.1. The van der Waals surface area contributed by atoms with E-state index in [2.05, 4.69) is 22.0 Å². The van der Waals surface area contributed by atoms with Crippen LogP contribution in [0.15, 0.2) is 24.3 Å². The molecule has 6 nitrogen and oxygen atoms in total.